The highest BCUT2D eigenvalue weighted by atomic mass is 35.5. The maximum Gasteiger partial charge on any atom is 0.191 e. The summed E-state index contributed by atoms with van der Waals surface area (Å²) in [5, 5.41) is 7.90. The van der Waals surface area contributed by atoms with Crippen LogP contribution in [0.3, 0.4) is 0 Å². The number of rotatable bonds is 7. The van der Waals surface area contributed by atoms with Gasteiger partial charge in [-0.1, -0.05) is 23.7 Å². The number of methoxy groups -OCH3 is 2. The van der Waals surface area contributed by atoms with Crippen molar-refractivity contribution in [2.24, 2.45) is 5.10 Å². The predicted molar refractivity (Wildman–Crippen MR) is 109 cm³/mol. The first-order valence-electron chi connectivity index (χ1n) is 7.82. The minimum atomic E-state index is 0.328. The zero-order chi connectivity index (χ0) is 18.9. The number of ether oxygens (including phenoxy) is 3. The topological polar surface area (TPSA) is 64.1 Å². The van der Waals surface area contributed by atoms with Crippen LogP contribution < -0.4 is 25.0 Å². The summed E-state index contributed by atoms with van der Waals surface area (Å²) in [6, 6.07) is 11.0. The third kappa shape index (κ3) is 5.24. The molecule has 0 atom stereocenters. The van der Waals surface area contributed by atoms with Crippen molar-refractivity contribution in [1.82, 2.24) is 5.43 Å². The molecule has 0 amide bonds. The van der Waals surface area contributed by atoms with Crippen LogP contribution >= 0.6 is 23.8 Å². The Morgan fingerprint density at radius 2 is 1.92 bits per heavy atom. The van der Waals surface area contributed by atoms with Gasteiger partial charge in [-0.05, 0) is 49.0 Å². The average molecular weight is 394 g/mol. The predicted octanol–water partition coefficient (Wildman–Crippen LogP) is 4.08. The van der Waals surface area contributed by atoms with Gasteiger partial charge in [0.15, 0.2) is 16.6 Å². The van der Waals surface area contributed by atoms with Gasteiger partial charge in [-0.3, -0.25) is 5.43 Å². The van der Waals surface area contributed by atoms with Crippen LogP contribution in [0, 0.1) is 0 Å². The summed E-state index contributed by atoms with van der Waals surface area (Å²) in [5.74, 6) is 1.73. The summed E-state index contributed by atoms with van der Waals surface area (Å²) >= 11 is 11.5. The zero-order valence-electron chi connectivity index (χ0n) is 14.7. The molecule has 0 aliphatic heterocycles. The summed E-state index contributed by atoms with van der Waals surface area (Å²) in [6.07, 6.45) is 1.58. The molecule has 0 aliphatic carbocycles. The van der Waals surface area contributed by atoms with Crippen LogP contribution in [0.5, 0.6) is 17.2 Å². The van der Waals surface area contributed by atoms with Crippen LogP contribution in [-0.2, 0) is 0 Å². The fraction of sp³-hybridized carbons (Fsp3) is 0.222. The monoisotopic (exact) mass is 393 g/mol. The van der Waals surface area contributed by atoms with Gasteiger partial charge >= 0.3 is 0 Å². The molecule has 2 rings (SSSR count). The van der Waals surface area contributed by atoms with E-state index in [9.17, 15) is 0 Å². The second-order valence-electron chi connectivity index (χ2n) is 4.99. The third-order valence-electron chi connectivity index (χ3n) is 3.28. The number of hydrazone groups is 1. The molecule has 0 fully saturated rings. The molecule has 8 heteroatoms. The van der Waals surface area contributed by atoms with Crippen LogP contribution in [0.4, 0.5) is 5.69 Å². The highest BCUT2D eigenvalue weighted by molar-refractivity contribution is 7.80. The molecule has 2 aromatic carbocycles. The molecule has 0 bridgehead atoms. The van der Waals surface area contributed by atoms with Crippen LogP contribution in [0.1, 0.15) is 12.5 Å². The standard InChI is InChI=1S/C18H20ClN3O3S/c1-4-25-17-13(19)9-12(10-16(17)24-3)11-20-22-18(26)21-14-7-5-6-8-15(14)23-2/h5-11H,4H2,1-3H3,(H2,21,22,26)/b20-11+. The minimum Gasteiger partial charge on any atom is -0.495 e. The lowest BCUT2D eigenvalue weighted by Crippen LogP contribution is -2.24. The smallest absolute Gasteiger partial charge is 0.191 e. The molecule has 6 nitrogen and oxygen atoms in total. The lowest BCUT2D eigenvalue weighted by atomic mass is 10.2. The molecule has 2 aromatic rings. The lowest BCUT2D eigenvalue weighted by Gasteiger charge is -2.12. The Bertz CT molecular complexity index is 799. The molecule has 0 saturated heterocycles. The van der Waals surface area contributed by atoms with E-state index in [1.54, 1.807) is 32.6 Å². The second-order valence-corrected chi connectivity index (χ2v) is 5.81. The Kier molecular flexibility index (Phi) is 7.50. The van der Waals surface area contributed by atoms with Gasteiger partial charge in [0.1, 0.15) is 5.75 Å². The Morgan fingerprint density at radius 3 is 2.62 bits per heavy atom. The molecule has 0 heterocycles. The number of para-hydroxylation sites is 2. The van der Waals surface area contributed by atoms with Crippen molar-refractivity contribution in [1.29, 1.82) is 0 Å². The molecular weight excluding hydrogens is 374 g/mol. The molecule has 138 valence electrons. The van der Waals surface area contributed by atoms with E-state index < -0.39 is 0 Å². The molecular formula is C18H20ClN3O3S. The summed E-state index contributed by atoms with van der Waals surface area (Å²) < 4.78 is 16.1. The summed E-state index contributed by atoms with van der Waals surface area (Å²) in [6.45, 7) is 2.37. The SMILES string of the molecule is CCOc1c(Cl)cc(/C=N/NC(=S)Nc2ccccc2OC)cc1OC. The maximum absolute atomic E-state index is 6.24. The number of benzene rings is 2. The number of hydrogen-bond acceptors (Lipinski definition) is 5. The normalized spacial score (nSPS) is 10.5. The fourth-order valence-electron chi connectivity index (χ4n) is 2.16. The molecule has 0 radical (unpaired) electrons. The number of hydrogen-bond donors (Lipinski definition) is 2. The highest BCUT2D eigenvalue weighted by Gasteiger charge is 2.11. The van der Waals surface area contributed by atoms with E-state index in [4.69, 9.17) is 38.0 Å². The van der Waals surface area contributed by atoms with Gasteiger partial charge < -0.3 is 19.5 Å². The number of anilines is 1. The first-order valence-corrected chi connectivity index (χ1v) is 8.61. The number of nitrogens with zero attached hydrogens (tertiary/aromatic N) is 1. The van der Waals surface area contributed by atoms with Gasteiger partial charge in [0.2, 0.25) is 0 Å². The first kappa shape index (κ1) is 19.8. The van der Waals surface area contributed by atoms with Crippen LogP contribution in [0.15, 0.2) is 41.5 Å². The Balaban J connectivity index is 2.03. The summed E-state index contributed by atoms with van der Waals surface area (Å²) in [7, 11) is 3.15. The summed E-state index contributed by atoms with van der Waals surface area (Å²) in [5.41, 5.74) is 4.23. The number of thiocarbonyl (C=S) groups is 1. The van der Waals surface area contributed by atoms with E-state index in [2.05, 4.69) is 15.8 Å². The molecule has 0 unspecified atom stereocenters. The molecule has 26 heavy (non-hydrogen) atoms. The molecule has 0 aliphatic rings. The van der Waals surface area contributed by atoms with Gasteiger partial charge in [-0.15, -0.1) is 0 Å². The van der Waals surface area contributed by atoms with Crippen LogP contribution in [0.25, 0.3) is 0 Å². The average Bonchev–Trinajstić information content (AvgIpc) is 2.64. The van der Waals surface area contributed by atoms with E-state index in [0.717, 1.165) is 11.3 Å². The van der Waals surface area contributed by atoms with E-state index in [1.165, 1.54) is 0 Å². The highest BCUT2D eigenvalue weighted by Crippen LogP contribution is 2.35. The largest absolute Gasteiger partial charge is 0.495 e. The van der Waals surface area contributed by atoms with Gasteiger partial charge in [-0.25, -0.2) is 0 Å². The first-order chi connectivity index (χ1) is 12.6. The van der Waals surface area contributed by atoms with Gasteiger partial charge in [0, 0.05) is 0 Å². The van der Waals surface area contributed by atoms with Gasteiger partial charge in [-0.2, -0.15) is 5.10 Å². The van der Waals surface area contributed by atoms with Crippen LogP contribution in [0.2, 0.25) is 5.02 Å². The van der Waals surface area contributed by atoms with Crippen molar-refractivity contribution in [2.45, 2.75) is 6.92 Å². The zero-order valence-corrected chi connectivity index (χ0v) is 16.3. The molecule has 0 spiro atoms. The van der Waals surface area contributed by atoms with Gasteiger partial charge in [0.05, 0.1) is 37.8 Å². The van der Waals surface area contributed by atoms with Crippen molar-refractivity contribution < 1.29 is 14.2 Å². The van der Waals surface area contributed by atoms with E-state index in [-0.39, 0.29) is 0 Å². The van der Waals surface area contributed by atoms with Crippen molar-refractivity contribution in [3.8, 4) is 17.2 Å². The molecule has 0 aromatic heterocycles. The quantitative estimate of drug-likeness (QED) is 0.420. The van der Waals surface area contributed by atoms with Crippen molar-refractivity contribution in [3.63, 3.8) is 0 Å². The van der Waals surface area contributed by atoms with Crippen molar-refractivity contribution in [2.75, 3.05) is 26.1 Å². The Hall–Kier alpha value is -2.51. The van der Waals surface area contributed by atoms with Crippen LogP contribution in [-0.4, -0.2) is 32.2 Å². The van der Waals surface area contributed by atoms with Crippen molar-refractivity contribution in [3.05, 3.63) is 47.0 Å². The van der Waals surface area contributed by atoms with Gasteiger partial charge in [0.25, 0.3) is 0 Å². The minimum absolute atomic E-state index is 0.328. The van der Waals surface area contributed by atoms with E-state index in [1.807, 2.05) is 31.2 Å². The second kappa shape index (κ2) is 9.84. The fourth-order valence-corrected chi connectivity index (χ4v) is 2.60. The maximum atomic E-state index is 6.24. The van der Waals surface area contributed by atoms with Crippen molar-refractivity contribution >= 4 is 40.8 Å². The number of nitrogens with one attached hydrogen (secondary N) is 2. The summed E-state index contributed by atoms with van der Waals surface area (Å²) in [4.78, 5) is 0. The lowest BCUT2D eigenvalue weighted by molar-refractivity contribution is 0.311. The van der Waals surface area contributed by atoms with E-state index in [0.29, 0.717) is 34.0 Å². The van der Waals surface area contributed by atoms with E-state index >= 15 is 0 Å². The molecule has 0 saturated carbocycles. The Labute approximate surface area is 163 Å². The molecule has 2 N–H and O–H groups in total. The number of halogens is 1. The third-order valence-corrected chi connectivity index (χ3v) is 3.75. The Morgan fingerprint density at radius 1 is 1.19 bits per heavy atom.